The van der Waals surface area contributed by atoms with Crippen LogP contribution in [0.15, 0.2) is 48.5 Å². The van der Waals surface area contributed by atoms with E-state index in [4.69, 9.17) is 16.3 Å². The smallest absolute Gasteiger partial charge is 0.123 e. The third-order valence-electron chi connectivity index (χ3n) is 5.24. The van der Waals surface area contributed by atoms with Crippen molar-refractivity contribution in [1.82, 2.24) is 4.90 Å². The normalized spacial score (nSPS) is 23.3. The second-order valence-corrected chi connectivity index (χ2v) is 7.64. The molecular formula is C21H25ClFNO3. The molecule has 0 radical (unpaired) electrons. The Labute approximate surface area is 164 Å². The molecule has 2 aromatic rings. The zero-order chi connectivity index (χ0) is 19.3. The lowest BCUT2D eigenvalue weighted by atomic mass is 9.73. The Balaban J connectivity index is 1.59. The van der Waals surface area contributed by atoms with E-state index in [2.05, 4.69) is 4.90 Å². The molecule has 0 amide bonds. The minimum absolute atomic E-state index is 0.125. The van der Waals surface area contributed by atoms with E-state index in [9.17, 15) is 14.6 Å². The van der Waals surface area contributed by atoms with Gasteiger partial charge in [-0.05, 0) is 54.8 Å². The predicted molar refractivity (Wildman–Crippen MR) is 104 cm³/mol. The Morgan fingerprint density at radius 1 is 1.15 bits per heavy atom. The Hall–Kier alpha value is -1.66. The van der Waals surface area contributed by atoms with Crippen LogP contribution in [0.5, 0.6) is 5.75 Å². The lowest BCUT2D eigenvalue weighted by Crippen LogP contribution is -2.55. The van der Waals surface area contributed by atoms with E-state index in [1.54, 1.807) is 24.3 Å². The van der Waals surface area contributed by atoms with Crippen LogP contribution >= 0.6 is 11.6 Å². The van der Waals surface area contributed by atoms with Crippen LogP contribution in [0.4, 0.5) is 4.39 Å². The molecule has 0 unspecified atom stereocenters. The summed E-state index contributed by atoms with van der Waals surface area (Å²) in [6.07, 6.45) is 0.489. The predicted octanol–water partition coefficient (Wildman–Crippen LogP) is 3.15. The van der Waals surface area contributed by atoms with Crippen LogP contribution < -0.4 is 4.74 Å². The van der Waals surface area contributed by atoms with Gasteiger partial charge in [0.05, 0.1) is 12.7 Å². The van der Waals surface area contributed by atoms with Gasteiger partial charge in [0.2, 0.25) is 0 Å². The quantitative estimate of drug-likeness (QED) is 0.758. The summed E-state index contributed by atoms with van der Waals surface area (Å²) in [5, 5.41) is 21.3. The van der Waals surface area contributed by atoms with Gasteiger partial charge in [0.15, 0.2) is 0 Å². The maximum atomic E-state index is 13.2. The number of aliphatic hydroxyl groups is 2. The molecule has 6 heteroatoms. The van der Waals surface area contributed by atoms with Crippen molar-refractivity contribution in [3.8, 4) is 5.75 Å². The number of hydrogen-bond acceptors (Lipinski definition) is 4. The number of nitrogens with zero attached hydrogens (tertiary/aromatic N) is 1. The molecule has 1 saturated heterocycles. The number of halogens is 2. The van der Waals surface area contributed by atoms with Crippen molar-refractivity contribution in [2.45, 2.75) is 18.9 Å². The summed E-state index contributed by atoms with van der Waals surface area (Å²) in [7, 11) is 0. The van der Waals surface area contributed by atoms with Gasteiger partial charge in [0.25, 0.3) is 0 Å². The molecule has 1 fully saturated rings. The fraction of sp³-hybridized carbons (Fsp3) is 0.429. The molecule has 27 heavy (non-hydrogen) atoms. The van der Waals surface area contributed by atoms with Crippen molar-refractivity contribution in [2.75, 3.05) is 32.8 Å². The first-order valence-corrected chi connectivity index (χ1v) is 9.53. The van der Waals surface area contributed by atoms with Crippen molar-refractivity contribution in [1.29, 1.82) is 0 Å². The summed E-state index contributed by atoms with van der Waals surface area (Å²) in [6.45, 7) is 2.39. The zero-order valence-corrected chi connectivity index (χ0v) is 15.9. The molecular weight excluding hydrogens is 369 g/mol. The standard InChI is InChI=1S/C21H25ClFNO3/c22-17-3-7-19(8-4-17)27-12-11-24-10-9-20(26)21(14-24,15-25)13-16-1-5-18(23)6-2-16/h1-8,20,25-26H,9-15H2/t20-,21-/m0/s1. The van der Waals surface area contributed by atoms with Gasteiger partial charge in [0, 0.05) is 30.1 Å². The molecule has 3 rings (SSSR count). The molecule has 1 aliphatic heterocycles. The molecule has 0 spiro atoms. The summed E-state index contributed by atoms with van der Waals surface area (Å²) < 4.78 is 18.9. The third kappa shape index (κ3) is 5.20. The first-order valence-electron chi connectivity index (χ1n) is 9.15. The van der Waals surface area contributed by atoms with E-state index >= 15 is 0 Å². The number of hydrogen-bond donors (Lipinski definition) is 2. The number of ether oxygens (including phenoxy) is 1. The fourth-order valence-electron chi connectivity index (χ4n) is 3.65. The van der Waals surface area contributed by atoms with Crippen LogP contribution in [0.25, 0.3) is 0 Å². The van der Waals surface area contributed by atoms with Crippen LogP contribution in [0.1, 0.15) is 12.0 Å². The first-order chi connectivity index (χ1) is 13.0. The third-order valence-corrected chi connectivity index (χ3v) is 5.49. The van der Waals surface area contributed by atoms with E-state index in [1.165, 1.54) is 12.1 Å². The highest BCUT2D eigenvalue weighted by molar-refractivity contribution is 6.30. The lowest BCUT2D eigenvalue weighted by Gasteiger charge is -2.45. The van der Waals surface area contributed by atoms with E-state index in [0.29, 0.717) is 37.6 Å². The van der Waals surface area contributed by atoms with Crippen LogP contribution in [0, 0.1) is 11.2 Å². The summed E-state index contributed by atoms with van der Waals surface area (Å²) in [6, 6.07) is 13.5. The van der Waals surface area contributed by atoms with E-state index in [-0.39, 0.29) is 12.4 Å². The summed E-state index contributed by atoms with van der Waals surface area (Å²) in [4.78, 5) is 2.20. The minimum Gasteiger partial charge on any atom is -0.492 e. The SMILES string of the molecule is OC[C@]1(Cc2ccc(F)cc2)CN(CCOc2ccc(Cl)cc2)CC[C@@H]1O. The van der Waals surface area contributed by atoms with Crippen molar-refractivity contribution < 1.29 is 19.3 Å². The largest absolute Gasteiger partial charge is 0.492 e. The number of likely N-dealkylation sites (tertiary alicyclic amines) is 1. The average molecular weight is 394 g/mol. The number of aliphatic hydroxyl groups excluding tert-OH is 2. The Morgan fingerprint density at radius 3 is 2.52 bits per heavy atom. The topological polar surface area (TPSA) is 52.9 Å². The highest BCUT2D eigenvalue weighted by Crippen LogP contribution is 2.34. The van der Waals surface area contributed by atoms with Gasteiger partial charge in [-0.2, -0.15) is 0 Å². The van der Waals surface area contributed by atoms with Crippen molar-refractivity contribution >= 4 is 11.6 Å². The molecule has 0 saturated carbocycles. The fourth-order valence-corrected chi connectivity index (χ4v) is 3.77. The van der Waals surface area contributed by atoms with Crippen molar-refractivity contribution in [2.24, 2.45) is 5.41 Å². The molecule has 1 aliphatic rings. The number of benzene rings is 2. The molecule has 146 valence electrons. The Bertz CT molecular complexity index is 725. The van der Waals surface area contributed by atoms with Gasteiger partial charge in [-0.3, -0.25) is 4.90 Å². The lowest BCUT2D eigenvalue weighted by molar-refractivity contribution is -0.0763. The molecule has 2 aromatic carbocycles. The monoisotopic (exact) mass is 393 g/mol. The molecule has 1 heterocycles. The zero-order valence-electron chi connectivity index (χ0n) is 15.2. The van der Waals surface area contributed by atoms with Gasteiger partial charge in [0.1, 0.15) is 18.2 Å². The molecule has 0 bridgehead atoms. The highest BCUT2D eigenvalue weighted by atomic mass is 35.5. The maximum Gasteiger partial charge on any atom is 0.123 e. The van der Waals surface area contributed by atoms with E-state index in [0.717, 1.165) is 17.9 Å². The van der Waals surface area contributed by atoms with E-state index < -0.39 is 11.5 Å². The van der Waals surface area contributed by atoms with E-state index in [1.807, 2.05) is 12.1 Å². The van der Waals surface area contributed by atoms with Gasteiger partial charge in [-0.1, -0.05) is 23.7 Å². The van der Waals surface area contributed by atoms with Gasteiger partial charge < -0.3 is 14.9 Å². The Morgan fingerprint density at radius 2 is 1.85 bits per heavy atom. The second-order valence-electron chi connectivity index (χ2n) is 7.21. The maximum absolute atomic E-state index is 13.2. The molecule has 2 atom stereocenters. The first kappa shape index (κ1) is 20.1. The van der Waals surface area contributed by atoms with Crippen molar-refractivity contribution in [3.05, 3.63) is 64.9 Å². The van der Waals surface area contributed by atoms with Gasteiger partial charge in [-0.15, -0.1) is 0 Å². The highest BCUT2D eigenvalue weighted by Gasteiger charge is 2.42. The number of piperidine rings is 1. The average Bonchev–Trinajstić information content (AvgIpc) is 2.68. The minimum atomic E-state index is -0.656. The van der Waals surface area contributed by atoms with Crippen LogP contribution in [-0.2, 0) is 6.42 Å². The molecule has 2 N–H and O–H groups in total. The van der Waals surface area contributed by atoms with Crippen molar-refractivity contribution in [3.63, 3.8) is 0 Å². The molecule has 0 aliphatic carbocycles. The van der Waals surface area contributed by atoms with Crippen LogP contribution in [-0.4, -0.2) is 54.1 Å². The van der Waals surface area contributed by atoms with Gasteiger partial charge >= 0.3 is 0 Å². The molecule has 0 aromatic heterocycles. The van der Waals surface area contributed by atoms with Gasteiger partial charge in [-0.25, -0.2) is 4.39 Å². The summed E-state index contributed by atoms with van der Waals surface area (Å²) >= 11 is 5.87. The second kappa shape index (κ2) is 9.02. The van der Waals surface area contributed by atoms with Crippen LogP contribution in [0.3, 0.4) is 0 Å². The van der Waals surface area contributed by atoms with Crippen LogP contribution in [0.2, 0.25) is 5.02 Å². The number of rotatable bonds is 7. The molecule has 4 nitrogen and oxygen atoms in total. The summed E-state index contributed by atoms with van der Waals surface area (Å²) in [5.74, 6) is 0.471. The Kier molecular flexibility index (Phi) is 6.71. The summed E-state index contributed by atoms with van der Waals surface area (Å²) in [5.41, 5.74) is 0.250.